The van der Waals surface area contributed by atoms with E-state index in [1.54, 1.807) is 0 Å². The van der Waals surface area contributed by atoms with E-state index in [9.17, 15) is 4.79 Å². The van der Waals surface area contributed by atoms with Crippen LogP contribution >= 0.6 is 31.9 Å². The lowest BCUT2D eigenvalue weighted by molar-refractivity contribution is -0.116. The van der Waals surface area contributed by atoms with Gasteiger partial charge in [0, 0.05) is 27.6 Å². The van der Waals surface area contributed by atoms with Crippen LogP contribution in [-0.4, -0.2) is 15.7 Å². The van der Waals surface area contributed by atoms with Crippen molar-refractivity contribution in [3.63, 3.8) is 0 Å². The zero-order valence-electron chi connectivity index (χ0n) is 14.5. The molecular formula is C18H23Br2N3O. The zero-order valence-corrected chi connectivity index (χ0v) is 17.7. The maximum atomic E-state index is 12.3. The number of hydrogen-bond donors (Lipinski definition) is 1. The highest BCUT2D eigenvalue weighted by molar-refractivity contribution is 9.11. The van der Waals surface area contributed by atoms with Gasteiger partial charge in [-0.2, -0.15) is 5.10 Å². The third kappa shape index (κ3) is 4.93. The Bertz CT molecular complexity index is 738. The van der Waals surface area contributed by atoms with Gasteiger partial charge < -0.3 is 5.32 Å². The summed E-state index contributed by atoms with van der Waals surface area (Å²) in [4.78, 5) is 12.3. The first kappa shape index (κ1) is 19.2. The van der Waals surface area contributed by atoms with Crippen molar-refractivity contribution in [2.24, 2.45) is 5.92 Å². The molecule has 1 aromatic carbocycles. The molecule has 0 atom stereocenters. The van der Waals surface area contributed by atoms with Crippen LogP contribution in [0.1, 0.15) is 37.2 Å². The summed E-state index contributed by atoms with van der Waals surface area (Å²) in [7, 11) is 0. The fourth-order valence-electron chi connectivity index (χ4n) is 2.66. The number of aryl methyl sites for hydroxylation is 1. The molecule has 130 valence electrons. The van der Waals surface area contributed by atoms with Crippen molar-refractivity contribution in [3.8, 4) is 0 Å². The minimum atomic E-state index is 0.00781. The lowest BCUT2D eigenvalue weighted by Crippen LogP contribution is -2.13. The Balaban J connectivity index is 2.00. The van der Waals surface area contributed by atoms with Crippen molar-refractivity contribution in [2.75, 3.05) is 5.32 Å². The van der Waals surface area contributed by atoms with E-state index in [2.05, 4.69) is 67.7 Å². The number of amides is 1. The molecule has 1 N–H and O–H groups in total. The Morgan fingerprint density at radius 1 is 1.29 bits per heavy atom. The Kier molecular flexibility index (Phi) is 6.63. The van der Waals surface area contributed by atoms with E-state index in [0.717, 1.165) is 26.9 Å². The lowest BCUT2D eigenvalue weighted by Gasteiger charge is -2.09. The highest BCUT2D eigenvalue weighted by atomic mass is 79.9. The maximum Gasteiger partial charge on any atom is 0.224 e. The molecule has 24 heavy (non-hydrogen) atoms. The molecule has 0 fully saturated rings. The number of nitrogens with one attached hydrogen (secondary N) is 1. The third-order valence-electron chi connectivity index (χ3n) is 3.88. The molecule has 0 radical (unpaired) electrons. The van der Waals surface area contributed by atoms with E-state index in [1.165, 1.54) is 11.3 Å². The summed E-state index contributed by atoms with van der Waals surface area (Å²) in [6.07, 6.45) is 1.15. The van der Waals surface area contributed by atoms with Crippen LogP contribution in [0.5, 0.6) is 0 Å². The van der Waals surface area contributed by atoms with Crippen molar-refractivity contribution in [3.05, 3.63) is 44.1 Å². The molecule has 0 bridgehead atoms. The van der Waals surface area contributed by atoms with Gasteiger partial charge in [-0.25, -0.2) is 0 Å². The summed E-state index contributed by atoms with van der Waals surface area (Å²) < 4.78 is 3.89. The molecule has 0 saturated heterocycles. The van der Waals surface area contributed by atoms with Gasteiger partial charge in [-0.1, -0.05) is 29.8 Å². The summed E-state index contributed by atoms with van der Waals surface area (Å²) >= 11 is 6.87. The summed E-state index contributed by atoms with van der Waals surface area (Å²) in [5, 5.41) is 7.56. The van der Waals surface area contributed by atoms with E-state index in [0.29, 0.717) is 18.8 Å². The Morgan fingerprint density at radius 3 is 2.62 bits per heavy atom. The summed E-state index contributed by atoms with van der Waals surface area (Å²) in [6.45, 7) is 9.37. The van der Waals surface area contributed by atoms with E-state index < -0.39 is 0 Å². The second-order valence-corrected chi connectivity index (χ2v) is 8.17. The highest BCUT2D eigenvalue weighted by Gasteiger charge is 2.14. The van der Waals surface area contributed by atoms with E-state index in [4.69, 9.17) is 0 Å². The second kappa shape index (κ2) is 8.30. The van der Waals surface area contributed by atoms with Gasteiger partial charge in [-0.15, -0.1) is 0 Å². The highest BCUT2D eigenvalue weighted by Crippen LogP contribution is 2.26. The molecule has 4 nitrogen and oxygen atoms in total. The largest absolute Gasteiger partial charge is 0.325 e. The summed E-state index contributed by atoms with van der Waals surface area (Å²) in [5.41, 5.74) is 4.15. The smallest absolute Gasteiger partial charge is 0.224 e. The predicted octanol–water partition coefficient (Wildman–Crippen LogP) is 5.25. The number of anilines is 1. The standard InChI is InChI=1S/C18H23Br2N3O/c1-11(2)10-23-13(4)15(12(3)22-23)6-8-18(24)21-17-7-5-14(19)9-16(17)20/h5,7,9,11H,6,8,10H2,1-4H3,(H,21,24). The van der Waals surface area contributed by atoms with Crippen molar-refractivity contribution in [1.82, 2.24) is 9.78 Å². The van der Waals surface area contributed by atoms with Crippen molar-refractivity contribution < 1.29 is 4.79 Å². The second-order valence-electron chi connectivity index (χ2n) is 6.40. The number of rotatable bonds is 6. The van der Waals surface area contributed by atoms with Gasteiger partial charge in [0.15, 0.2) is 0 Å². The van der Waals surface area contributed by atoms with Gasteiger partial charge in [0.2, 0.25) is 5.91 Å². The molecule has 1 heterocycles. The molecule has 6 heteroatoms. The number of aromatic nitrogens is 2. The van der Waals surface area contributed by atoms with Crippen molar-refractivity contribution in [1.29, 1.82) is 0 Å². The number of carbonyl (C=O) groups is 1. The molecule has 0 unspecified atom stereocenters. The first-order valence-corrected chi connectivity index (χ1v) is 9.64. The average molecular weight is 457 g/mol. The van der Waals surface area contributed by atoms with Crippen LogP contribution in [0.2, 0.25) is 0 Å². The zero-order chi connectivity index (χ0) is 17.9. The van der Waals surface area contributed by atoms with E-state index in [-0.39, 0.29) is 5.91 Å². The first-order valence-electron chi connectivity index (χ1n) is 8.05. The van der Waals surface area contributed by atoms with Gasteiger partial charge in [0.05, 0.1) is 11.4 Å². The van der Waals surface area contributed by atoms with Crippen molar-refractivity contribution >= 4 is 43.5 Å². The predicted molar refractivity (Wildman–Crippen MR) is 105 cm³/mol. The molecule has 1 aromatic heterocycles. The Labute approximate surface area is 160 Å². The number of benzene rings is 1. The fourth-order valence-corrected chi connectivity index (χ4v) is 3.81. The fraction of sp³-hybridized carbons (Fsp3) is 0.444. The molecule has 0 saturated carbocycles. The van der Waals surface area contributed by atoms with Gasteiger partial charge in [0.1, 0.15) is 0 Å². The van der Waals surface area contributed by atoms with Crippen LogP contribution in [0.15, 0.2) is 27.1 Å². The SMILES string of the molecule is Cc1nn(CC(C)C)c(C)c1CCC(=O)Nc1ccc(Br)cc1Br. The lowest BCUT2D eigenvalue weighted by atomic mass is 10.1. The van der Waals surface area contributed by atoms with Gasteiger partial charge >= 0.3 is 0 Å². The normalized spacial score (nSPS) is 11.1. The third-order valence-corrected chi connectivity index (χ3v) is 5.03. The molecule has 0 aliphatic carbocycles. The molecular weight excluding hydrogens is 434 g/mol. The van der Waals surface area contributed by atoms with Crippen LogP contribution in [-0.2, 0) is 17.8 Å². The number of hydrogen-bond acceptors (Lipinski definition) is 2. The quantitative estimate of drug-likeness (QED) is 0.644. The molecule has 0 spiro atoms. The molecule has 0 aliphatic heterocycles. The number of nitrogens with zero attached hydrogens (tertiary/aromatic N) is 2. The summed E-state index contributed by atoms with van der Waals surface area (Å²) in [6, 6.07) is 5.70. The van der Waals surface area contributed by atoms with Gasteiger partial charge in [-0.3, -0.25) is 9.48 Å². The molecule has 2 rings (SSSR count). The molecule has 0 aliphatic rings. The first-order chi connectivity index (χ1) is 11.3. The Morgan fingerprint density at radius 2 is 2.00 bits per heavy atom. The van der Waals surface area contributed by atoms with Crippen molar-refractivity contribution in [2.45, 2.75) is 47.1 Å². The topological polar surface area (TPSA) is 46.9 Å². The van der Waals surface area contributed by atoms with Gasteiger partial charge in [-0.05, 0) is 65.9 Å². The van der Waals surface area contributed by atoms with E-state index >= 15 is 0 Å². The monoisotopic (exact) mass is 455 g/mol. The number of carbonyl (C=O) groups excluding carboxylic acids is 1. The van der Waals surface area contributed by atoms with Crippen LogP contribution in [0.4, 0.5) is 5.69 Å². The minimum absolute atomic E-state index is 0.00781. The average Bonchev–Trinajstić information content (AvgIpc) is 2.74. The van der Waals surface area contributed by atoms with Crippen LogP contribution in [0, 0.1) is 19.8 Å². The van der Waals surface area contributed by atoms with Crippen LogP contribution in [0.3, 0.4) is 0 Å². The minimum Gasteiger partial charge on any atom is -0.325 e. The van der Waals surface area contributed by atoms with Crippen LogP contribution in [0.25, 0.3) is 0 Å². The van der Waals surface area contributed by atoms with Gasteiger partial charge in [0.25, 0.3) is 0 Å². The van der Waals surface area contributed by atoms with Crippen LogP contribution < -0.4 is 5.32 Å². The molecule has 1 amide bonds. The Hall–Kier alpha value is -1.14. The molecule has 2 aromatic rings. The van der Waals surface area contributed by atoms with E-state index in [1.807, 2.05) is 25.1 Å². The number of halogens is 2. The maximum absolute atomic E-state index is 12.3. The summed E-state index contributed by atoms with van der Waals surface area (Å²) in [5.74, 6) is 0.558.